The summed E-state index contributed by atoms with van der Waals surface area (Å²) in [7, 11) is 3.23. The van der Waals surface area contributed by atoms with Crippen molar-refractivity contribution in [2.45, 2.75) is 18.4 Å². The molecule has 66 valence electrons. The van der Waals surface area contributed by atoms with Gasteiger partial charge in [0.25, 0.3) is 5.92 Å². The number of likely N-dealkylation sites (N-methyl/N-ethyl adjacent to an activating group) is 1. The fraction of sp³-hybridized carbons (Fsp3) is 1.00. The first-order chi connectivity index (χ1) is 5.05. The number of alkyl halides is 2. The quantitative estimate of drug-likeness (QED) is 0.604. The second kappa shape index (κ2) is 3.03. The molecule has 2 nitrogen and oxygen atoms in total. The normalized spacial score (nSPS) is 31.1. The van der Waals surface area contributed by atoms with Crippen LogP contribution in [0.3, 0.4) is 0 Å². The molecule has 0 N–H and O–H groups in total. The van der Waals surface area contributed by atoms with Crippen molar-refractivity contribution in [2.24, 2.45) is 0 Å². The van der Waals surface area contributed by atoms with E-state index in [4.69, 9.17) is 4.74 Å². The monoisotopic (exact) mass is 165 g/mol. The van der Waals surface area contributed by atoms with E-state index in [9.17, 15) is 8.78 Å². The largest absolute Gasteiger partial charge is 0.383 e. The van der Waals surface area contributed by atoms with E-state index >= 15 is 0 Å². The molecule has 0 saturated carbocycles. The summed E-state index contributed by atoms with van der Waals surface area (Å²) in [6, 6.07) is -0.116. The zero-order chi connectivity index (χ0) is 8.48. The molecular formula is C7H13F2NO. The minimum atomic E-state index is -2.52. The molecule has 1 heterocycles. The van der Waals surface area contributed by atoms with Crippen LogP contribution < -0.4 is 0 Å². The van der Waals surface area contributed by atoms with Crippen LogP contribution in [-0.2, 0) is 4.74 Å². The maximum Gasteiger partial charge on any atom is 0.262 e. The lowest BCUT2D eigenvalue weighted by Gasteiger charge is -2.16. The van der Waals surface area contributed by atoms with E-state index in [1.165, 1.54) is 7.11 Å². The van der Waals surface area contributed by atoms with Crippen LogP contribution in [0.2, 0.25) is 0 Å². The number of likely N-dealkylation sites (tertiary alicyclic amines) is 1. The second-order valence-electron chi connectivity index (χ2n) is 3.08. The van der Waals surface area contributed by atoms with Crippen molar-refractivity contribution in [3.63, 3.8) is 0 Å². The van der Waals surface area contributed by atoms with Crippen molar-refractivity contribution in [2.75, 3.05) is 27.3 Å². The molecular weight excluding hydrogens is 152 g/mol. The van der Waals surface area contributed by atoms with Gasteiger partial charge in [-0.05, 0) is 7.05 Å². The molecule has 0 aliphatic carbocycles. The van der Waals surface area contributed by atoms with Crippen molar-refractivity contribution < 1.29 is 13.5 Å². The third-order valence-corrected chi connectivity index (χ3v) is 2.00. The molecule has 0 radical (unpaired) electrons. The molecule has 0 amide bonds. The standard InChI is InChI=1S/C7H13F2NO/c1-10-5-7(8,9)3-6(10)4-11-2/h6H,3-5H2,1-2H3/t6-/m1/s1. The lowest BCUT2D eigenvalue weighted by molar-refractivity contribution is 0.0133. The van der Waals surface area contributed by atoms with E-state index < -0.39 is 5.92 Å². The second-order valence-corrected chi connectivity index (χ2v) is 3.08. The molecule has 0 spiro atoms. The van der Waals surface area contributed by atoms with Crippen LogP contribution in [0.1, 0.15) is 6.42 Å². The van der Waals surface area contributed by atoms with E-state index in [0.717, 1.165) is 0 Å². The highest BCUT2D eigenvalue weighted by atomic mass is 19.3. The Morgan fingerprint density at radius 1 is 1.64 bits per heavy atom. The van der Waals surface area contributed by atoms with Crippen LogP contribution in [0.25, 0.3) is 0 Å². The van der Waals surface area contributed by atoms with Gasteiger partial charge >= 0.3 is 0 Å². The highest BCUT2D eigenvalue weighted by molar-refractivity contribution is 4.88. The van der Waals surface area contributed by atoms with Crippen LogP contribution in [0.4, 0.5) is 8.78 Å². The SMILES string of the molecule is COC[C@H]1CC(F)(F)CN1C. The fourth-order valence-corrected chi connectivity index (χ4v) is 1.44. The summed E-state index contributed by atoms with van der Waals surface area (Å²) in [6.45, 7) is 0.257. The van der Waals surface area contributed by atoms with Crippen LogP contribution >= 0.6 is 0 Å². The minimum Gasteiger partial charge on any atom is -0.383 e. The molecule has 0 aromatic carbocycles. The Labute approximate surface area is 65.1 Å². The van der Waals surface area contributed by atoms with Gasteiger partial charge in [-0.3, -0.25) is 4.90 Å². The van der Waals surface area contributed by atoms with Crippen molar-refractivity contribution in [3.8, 4) is 0 Å². The zero-order valence-corrected chi connectivity index (χ0v) is 6.81. The van der Waals surface area contributed by atoms with Crippen LogP contribution in [0, 0.1) is 0 Å². The summed E-state index contributed by atoms with van der Waals surface area (Å²) < 4.78 is 30.2. The molecule has 11 heavy (non-hydrogen) atoms. The molecule has 4 heteroatoms. The molecule has 0 bridgehead atoms. The van der Waals surface area contributed by atoms with E-state index in [1.807, 2.05) is 0 Å². The molecule has 1 aliphatic rings. The summed E-state index contributed by atoms with van der Waals surface area (Å²) in [5.41, 5.74) is 0. The van der Waals surface area contributed by atoms with Gasteiger partial charge in [0.2, 0.25) is 0 Å². The maximum absolute atomic E-state index is 12.7. The first kappa shape index (κ1) is 8.87. The van der Waals surface area contributed by atoms with Crippen molar-refractivity contribution >= 4 is 0 Å². The minimum absolute atomic E-state index is 0.0721. The highest BCUT2D eigenvalue weighted by Gasteiger charge is 2.42. The average Bonchev–Trinajstić information content (AvgIpc) is 2.07. The summed E-state index contributed by atoms with van der Waals surface area (Å²) in [5, 5.41) is 0. The number of nitrogens with zero attached hydrogens (tertiary/aromatic N) is 1. The van der Waals surface area contributed by atoms with Gasteiger partial charge in [-0.2, -0.15) is 0 Å². The molecule has 1 atom stereocenters. The Morgan fingerprint density at radius 3 is 2.64 bits per heavy atom. The Bertz CT molecular complexity index is 140. The van der Waals surface area contributed by atoms with Crippen LogP contribution in [-0.4, -0.2) is 44.2 Å². The third kappa shape index (κ3) is 2.10. The van der Waals surface area contributed by atoms with Gasteiger partial charge < -0.3 is 4.74 Å². The van der Waals surface area contributed by atoms with Crippen molar-refractivity contribution in [1.29, 1.82) is 0 Å². The Kier molecular flexibility index (Phi) is 2.44. The van der Waals surface area contributed by atoms with Gasteiger partial charge in [-0.15, -0.1) is 0 Å². The number of halogens is 2. The highest BCUT2D eigenvalue weighted by Crippen LogP contribution is 2.30. The maximum atomic E-state index is 12.7. The Morgan fingerprint density at radius 2 is 2.27 bits per heavy atom. The lowest BCUT2D eigenvalue weighted by Crippen LogP contribution is -2.29. The first-order valence-electron chi connectivity index (χ1n) is 3.62. The topological polar surface area (TPSA) is 12.5 Å². The van der Waals surface area contributed by atoms with Gasteiger partial charge in [0.05, 0.1) is 13.2 Å². The van der Waals surface area contributed by atoms with Gasteiger partial charge in [0, 0.05) is 19.6 Å². The summed E-state index contributed by atoms with van der Waals surface area (Å²) >= 11 is 0. The van der Waals surface area contributed by atoms with E-state index in [1.54, 1.807) is 11.9 Å². The molecule has 1 fully saturated rings. The molecule has 1 saturated heterocycles. The number of hydrogen-bond acceptors (Lipinski definition) is 2. The third-order valence-electron chi connectivity index (χ3n) is 2.00. The van der Waals surface area contributed by atoms with Crippen LogP contribution in [0.5, 0.6) is 0 Å². The number of ether oxygens (including phenoxy) is 1. The molecule has 0 unspecified atom stereocenters. The fourth-order valence-electron chi connectivity index (χ4n) is 1.44. The van der Waals surface area contributed by atoms with Gasteiger partial charge in [-0.25, -0.2) is 8.78 Å². The van der Waals surface area contributed by atoms with E-state index in [2.05, 4.69) is 0 Å². The average molecular weight is 165 g/mol. The Balaban J connectivity index is 2.45. The van der Waals surface area contributed by atoms with Gasteiger partial charge in [0.15, 0.2) is 0 Å². The van der Waals surface area contributed by atoms with Gasteiger partial charge in [-0.1, -0.05) is 0 Å². The number of rotatable bonds is 2. The van der Waals surface area contributed by atoms with Crippen molar-refractivity contribution in [3.05, 3.63) is 0 Å². The predicted octanol–water partition coefficient (Wildman–Crippen LogP) is 0.972. The summed E-state index contributed by atoms with van der Waals surface area (Å²) in [6.07, 6.45) is -0.0721. The molecule has 0 aromatic rings. The summed E-state index contributed by atoms with van der Waals surface area (Å²) in [4.78, 5) is 1.64. The molecule has 1 rings (SSSR count). The van der Waals surface area contributed by atoms with Crippen molar-refractivity contribution in [1.82, 2.24) is 4.90 Å². The zero-order valence-electron chi connectivity index (χ0n) is 6.81. The van der Waals surface area contributed by atoms with Gasteiger partial charge in [0.1, 0.15) is 0 Å². The Hall–Kier alpha value is -0.220. The summed E-state index contributed by atoms with van der Waals surface area (Å²) in [5.74, 6) is -2.52. The smallest absolute Gasteiger partial charge is 0.262 e. The van der Waals surface area contributed by atoms with E-state index in [0.29, 0.717) is 6.61 Å². The lowest BCUT2D eigenvalue weighted by atomic mass is 10.2. The van der Waals surface area contributed by atoms with E-state index in [-0.39, 0.29) is 19.0 Å². The molecule has 1 aliphatic heterocycles. The molecule has 0 aromatic heterocycles. The first-order valence-corrected chi connectivity index (χ1v) is 3.62. The number of methoxy groups -OCH3 is 1. The number of hydrogen-bond donors (Lipinski definition) is 0. The van der Waals surface area contributed by atoms with Crippen LogP contribution in [0.15, 0.2) is 0 Å². The predicted molar refractivity (Wildman–Crippen MR) is 37.9 cm³/mol.